The molecule has 0 unspecified atom stereocenters. The number of morpholine rings is 1. The molecule has 1 amide bonds. The molecule has 1 saturated carbocycles. The highest BCUT2D eigenvalue weighted by molar-refractivity contribution is 7.98. The number of hydrogen-bond donors (Lipinski definition) is 1. The van der Waals surface area contributed by atoms with Crippen molar-refractivity contribution >= 4 is 17.7 Å². The topological polar surface area (TPSA) is 75.0 Å². The number of amides is 1. The fraction of sp³-hybridized carbons (Fsp3) is 0.308. The molecule has 2 fully saturated rings. The van der Waals surface area contributed by atoms with Crippen molar-refractivity contribution in [1.82, 2.24) is 9.58 Å². The van der Waals surface area contributed by atoms with Crippen molar-refractivity contribution in [1.29, 1.82) is 0 Å². The predicted molar refractivity (Wildman–Crippen MR) is 128 cm³/mol. The van der Waals surface area contributed by atoms with Crippen molar-refractivity contribution in [3.05, 3.63) is 93.2 Å². The van der Waals surface area contributed by atoms with Gasteiger partial charge in [-0.15, -0.1) is 11.8 Å². The molecular formula is C26H22FN3O4S. The Labute approximate surface area is 204 Å². The number of nitrogens with zero attached hydrogens (tertiary/aromatic N) is 3. The van der Waals surface area contributed by atoms with Gasteiger partial charge in [-0.2, -0.15) is 0 Å². The van der Waals surface area contributed by atoms with E-state index in [-0.39, 0.29) is 23.0 Å². The van der Waals surface area contributed by atoms with Gasteiger partial charge >= 0.3 is 0 Å². The van der Waals surface area contributed by atoms with Crippen LogP contribution in [0, 0.1) is 5.82 Å². The van der Waals surface area contributed by atoms with E-state index in [0.717, 1.165) is 34.4 Å². The third-order valence-electron chi connectivity index (χ3n) is 7.50. The van der Waals surface area contributed by atoms with Crippen LogP contribution in [0.4, 0.5) is 4.39 Å². The van der Waals surface area contributed by atoms with Gasteiger partial charge in [0.15, 0.2) is 11.4 Å². The van der Waals surface area contributed by atoms with E-state index in [2.05, 4.69) is 0 Å². The largest absolute Gasteiger partial charge is 0.502 e. The highest BCUT2D eigenvalue weighted by Crippen LogP contribution is 2.48. The number of halogens is 1. The average Bonchev–Trinajstić information content (AvgIpc) is 3.64. The number of thioether (sulfide) groups is 1. The normalized spacial score (nSPS) is 23.7. The number of fused-ring (bicyclic) bond motifs is 4. The Kier molecular flexibility index (Phi) is 4.41. The van der Waals surface area contributed by atoms with Crippen molar-refractivity contribution < 1.29 is 19.0 Å². The van der Waals surface area contributed by atoms with Gasteiger partial charge in [0.05, 0.1) is 24.8 Å². The van der Waals surface area contributed by atoms with Gasteiger partial charge < -0.3 is 14.7 Å². The molecule has 7 rings (SSSR count). The van der Waals surface area contributed by atoms with Gasteiger partial charge in [-0.1, -0.05) is 24.3 Å². The molecule has 178 valence electrons. The number of pyridine rings is 1. The van der Waals surface area contributed by atoms with E-state index in [1.54, 1.807) is 33.5 Å². The molecule has 2 atom stereocenters. The van der Waals surface area contributed by atoms with Crippen molar-refractivity contribution in [2.75, 3.05) is 18.2 Å². The minimum Gasteiger partial charge on any atom is -0.502 e. The molecule has 9 heteroatoms. The van der Waals surface area contributed by atoms with Gasteiger partial charge in [-0.25, -0.2) is 4.39 Å². The van der Waals surface area contributed by atoms with Gasteiger partial charge in [0.25, 0.3) is 5.91 Å². The van der Waals surface area contributed by atoms with Crippen LogP contribution in [-0.2, 0) is 10.5 Å². The quantitative estimate of drug-likeness (QED) is 0.563. The van der Waals surface area contributed by atoms with Crippen LogP contribution in [0.3, 0.4) is 0 Å². The summed E-state index contributed by atoms with van der Waals surface area (Å²) < 4.78 is 22.2. The minimum atomic E-state index is -0.600. The highest BCUT2D eigenvalue weighted by atomic mass is 32.2. The molecule has 0 radical (unpaired) electrons. The summed E-state index contributed by atoms with van der Waals surface area (Å²) in [4.78, 5) is 28.8. The zero-order chi connectivity index (χ0) is 23.9. The maximum Gasteiger partial charge on any atom is 0.278 e. The molecule has 35 heavy (non-hydrogen) atoms. The molecular weight excluding hydrogens is 469 g/mol. The second kappa shape index (κ2) is 7.35. The lowest BCUT2D eigenvalue weighted by Gasteiger charge is -2.53. The van der Waals surface area contributed by atoms with E-state index >= 15 is 0 Å². The molecule has 4 heterocycles. The molecule has 7 nitrogen and oxygen atoms in total. The standard InChI is InChI=1S/C26H22FN3O4S/c27-16-5-6-17-15(11-16)13-35-20-4-2-1-3-18(20)22(17)30-21-12-34-26(8-9-26)14-28(21)25(33)23-24(32)19(31)7-10-29(23)30/h1-7,10-11,21-22,32H,8-9,12-14H2/t21-,22+/m1/s1. The van der Waals surface area contributed by atoms with Crippen LogP contribution in [0.1, 0.15) is 46.1 Å². The highest BCUT2D eigenvalue weighted by Gasteiger charge is 2.55. The van der Waals surface area contributed by atoms with Crippen LogP contribution in [0.5, 0.6) is 5.75 Å². The first kappa shape index (κ1) is 21.0. The maximum absolute atomic E-state index is 14.3. The summed E-state index contributed by atoms with van der Waals surface area (Å²) in [5.41, 5.74) is 1.79. The summed E-state index contributed by atoms with van der Waals surface area (Å²) in [6, 6.07) is 13.7. The second-order valence-electron chi connectivity index (χ2n) is 9.58. The van der Waals surface area contributed by atoms with Crippen molar-refractivity contribution in [2.24, 2.45) is 0 Å². The number of hydrogen-bond acceptors (Lipinski definition) is 6. The molecule has 3 aromatic rings. The zero-order valence-corrected chi connectivity index (χ0v) is 19.5. The van der Waals surface area contributed by atoms with E-state index in [0.29, 0.717) is 18.9 Å². The summed E-state index contributed by atoms with van der Waals surface area (Å²) in [5.74, 6) is -0.647. The first-order valence-electron chi connectivity index (χ1n) is 11.6. The van der Waals surface area contributed by atoms with Gasteiger partial charge in [-0.3, -0.25) is 19.3 Å². The Balaban J connectivity index is 1.50. The number of aromatic hydroxyl groups is 1. The van der Waals surface area contributed by atoms with E-state index in [9.17, 15) is 19.1 Å². The Morgan fingerprint density at radius 2 is 1.91 bits per heavy atom. The SMILES string of the molecule is O=C1c2c(O)c(=O)ccn2N([C@H]2c3ccc(F)cc3CSc3ccccc32)[C@@H]2COC3(CC3)CN12. The lowest BCUT2D eigenvalue weighted by atomic mass is 9.93. The Bertz CT molecular complexity index is 1450. The summed E-state index contributed by atoms with van der Waals surface area (Å²) in [6.45, 7) is 0.690. The van der Waals surface area contributed by atoms with Crippen LogP contribution >= 0.6 is 11.8 Å². The summed E-state index contributed by atoms with van der Waals surface area (Å²) in [7, 11) is 0. The molecule has 1 aliphatic carbocycles. The van der Waals surface area contributed by atoms with Gasteiger partial charge in [-0.05, 0) is 47.7 Å². The average molecular weight is 492 g/mol. The first-order valence-corrected chi connectivity index (χ1v) is 12.6. The van der Waals surface area contributed by atoms with Crippen LogP contribution in [0.2, 0.25) is 0 Å². The number of benzene rings is 2. The number of ether oxygens (including phenoxy) is 1. The van der Waals surface area contributed by atoms with Crippen LogP contribution < -0.4 is 10.4 Å². The molecule has 3 aliphatic heterocycles. The van der Waals surface area contributed by atoms with Crippen LogP contribution in [0.25, 0.3) is 0 Å². The first-order chi connectivity index (χ1) is 17.0. The Hall–Kier alpha value is -3.30. The Morgan fingerprint density at radius 1 is 1.09 bits per heavy atom. The summed E-state index contributed by atoms with van der Waals surface area (Å²) >= 11 is 1.64. The number of carbonyl (C=O) groups excluding carboxylic acids is 1. The van der Waals surface area contributed by atoms with Gasteiger partial charge in [0, 0.05) is 22.9 Å². The monoisotopic (exact) mass is 491 g/mol. The molecule has 0 bridgehead atoms. The fourth-order valence-corrected chi connectivity index (χ4v) is 6.65. The van der Waals surface area contributed by atoms with Crippen LogP contribution in [-0.4, -0.2) is 45.5 Å². The number of carbonyl (C=O) groups is 1. The van der Waals surface area contributed by atoms with Gasteiger partial charge in [0.1, 0.15) is 12.0 Å². The number of aromatic nitrogens is 1. The fourth-order valence-electron chi connectivity index (χ4n) is 5.57. The van der Waals surface area contributed by atoms with Crippen LogP contribution in [0.15, 0.2) is 64.4 Å². The third kappa shape index (κ3) is 3.07. The molecule has 1 saturated heterocycles. The molecule has 4 aliphatic rings. The maximum atomic E-state index is 14.3. The second-order valence-corrected chi connectivity index (χ2v) is 10.6. The molecule has 2 aromatic carbocycles. The van der Waals surface area contributed by atoms with E-state index < -0.39 is 23.4 Å². The van der Waals surface area contributed by atoms with E-state index in [1.807, 2.05) is 29.3 Å². The predicted octanol–water partition coefficient (Wildman–Crippen LogP) is 3.37. The van der Waals surface area contributed by atoms with Crippen molar-refractivity contribution in [3.8, 4) is 5.75 Å². The molecule has 1 spiro atoms. The van der Waals surface area contributed by atoms with Gasteiger partial charge in [0.2, 0.25) is 5.43 Å². The molecule has 1 aromatic heterocycles. The lowest BCUT2D eigenvalue weighted by Crippen LogP contribution is -2.68. The third-order valence-corrected chi connectivity index (χ3v) is 8.64. The molecule has 1 N–H and O–H groups in total. The summed E-state index contributed by atoms with van der Waals surface area (Å²) in [5, 5.41) is 12.8. The number of rotatable bonds is 1. The lowest BCUT2D eigenvalue weighted by molar-refractivity contribution is -0.0790. The van der Waals surface area contributed by atoms with E-state index in [1.165, 1.54) is 18.3 Å². The van der Waals surface area contributed by atoms with Crippen molar-refractivity contribution in [2.45, 2.75) is 41.3 Å². The van der Waals surface area contributed by atoms with Crippen molar-refractivity contribution in [3.63, 3.8) is 0 Å². The Morgan fingerprint density at radius 3 is 2.74 bits per heavy atom. The summed E-state index contributed by atoms with van der Waals surface area (Å²) in [6.07, 6.45) is 2.82. The van der Waals surface area contributed by atoms with E-state index in [4.69, 9.17) is 4.74 Å². The minimum absolute atomic E-state index is 0.0514. The zero-order valence-electron chi connectivity index (χ0n) is 18.7. The smallest absolute Gasteiger partial charge is 0.278 e.